The van der Waals surface area contributed by atoms with Crippen LogP contribution in [0, 0.1) is 0 Å². The number of methoxy groups -OCH3 is 2. The van der Waals surface area contributed by atoms with Gasteiger partial charge in [0, 0.05) is 42.3 Å². The number of aromatic nitrogens is 1. The van der Waals surface area contributed by atoms with Gasteiger partial charge < -0.3 is 28.3 Å². The van der Waals surface area contributed by atoms with Crippen LogP contribution in [-0.4, -0.2) is 63.3 Å². The second kappa shape index (κ2) is 8.38. The summed E-state index contributed by atoms with van der Waals surface area (Å²) in [6, 6.07) is 11.8. The molecule has 0 unspecified atom stereocenters. The van der Waals surface area contributed by atoms with E-state index in [1.807, 2.05) is 22.8 Å². The number of morpholine rings is 1. The van der Waals surface area contributed by atoms with E-state index in [4.69, 9.17) is 23.7 Å². The van der Waals surface area contributed by atoms with Gasteiger partial charge in [0.05, 0.1) is 38.3 Å². The minimum Gasteiger partial charge on any atom is -0.493 e. The molecule has 0 aliphatic carbocycles. The molecular formula is C26H26N2O6. The highest BCUT2D eigenvalue weighted by atomic mass is 16.7. The molecule has 0 radical (unpaired) electrons. The monoisotopic (exact) mass is 462 g/mol. The summed E-state index contributed by atoms with van der Waals surface area (Å²) in [5.41, 5.74) is 0.829. The first kappa shape index (κ1) is 21.1. The zero-order chi connectivity index (χ0) is 23.2. The van der Waals surface area contributed by atoms with Crippen molar-refractivity contribution < 1.29 is 23.7 Å². The lowest BCUT2D eigenvalue weighted by molar-refractivity contribution is 0.0364. The van der Waals surface area contributed by atoms with Gasteiger partial charge in [0.2, 0.25) is 6.79 Å². The Bertz CT molecular complexity index is 1470. The topological polar surface area (TPSA) is 71.4 Å². The van der Waals surface area contributed by atoms with Crippen LogP contribution in [0.25, 0.3) is 32.4 Å². The number of nitrogens with zero attached hydrogens (tertiary/aromatic N) is 2. The van der Waals surface area contributed by atoms with Crippen LogP contribution in [0.4, 0.5) is 0 Å². The lowest BCUT2D eigenvalue weighted by atomic mass is 9.99. The SMILES string of the molecule is COc1cc2c(=O)n(CCN3CCOCC3)c3c4cc5c(cc4ccc3c2cc1OC)OCO5. The molecule has 2 aliphatic heterocycles. The number of hydrogen-bond acceptors (Lipinski definition) is 7. The number of pyridine rings is 1. The van der Waals surface area contributed by atoms with Gasteiger partial charge in [-0.3, -0.25) is 9.69 Å². The van der Waals surface area contributed by atoms with Crippen LogP contribution in [0.2, 0.25) is 0 Å². The van der Waals surface area contributed by atoms with Crippen LogP contribution in [0.5, 0.6) is 23.0 Å². The largest absolute Gasteiger partial charge is 0.493 e. The first-order chi connectivity index (χ1) is 16.7. The first-order valence-corrected chi connectivity index (χ1v) is 11.4. The fourth-order valence-corrected chi connectivity index (χ4v) is 5.01. The molecule has 0 N–H and O–H groups in total. The maximum atomic E-state index is 13.9. The summed E-state index contributed by atoms with van der Waals surface area (Å²) < 4.78 is 29.7. The number of benzene rings is 3. The highest BCUT2D eigenvalue weighted by molar-refractivity contribution is 6.16. The molecule has 3 heterocycles. The molecule has 0 saturated carbocycles. The molecule has 0 bridgehead atoms. The molecule has 3 aromatic carbocycles. The first-order valence-electron chi connectivity index (χ1n) is 11.4. The second-order valence-electron chi connectivity index (χ2n) is 8.55. The average molecular weight is 463 g/mol. The zero-order valence-electron chi connectivity index (χ0n) is 19.3. The Kier molecular flexibility index (Phi) is 5.19. The van der Waals surface area contributed by atoms with Crippen molar-refractivity contribution in [2.24, 2.45) is 0 Å². The van der Waals surface area contributed by atoms with Crippen LogP contribution in [0.3, 0.4) is 0 Å². The molecule has 0 spiro atoms. The normalized spacial score (nSPS) is 15.9. The summed E-state index contributed by atoms with van der Waals surface area (Å²) in [7, 11) is 3.18. The van der Waals surface area contributed by atoms with Crippen LogP contribution in [-0.2, 0) is 11.3 Å². The molecule has 0 amide bonds. The van der Waals surface area contributed by atoms with E-state index in [1.165, 1.54) is 0 Å². The van der Waals surface area contributed by atoms with Gasteiger partial charge in [-0.15, -0.1) is 0 Å². The van der Waals surface area contributed by atoms with Crippen LogP contribution >= 0.6 is 0 Å². The molecular weight excluding hydrogens is 436 g/mol. The van der Waals surface area contributed by atoms with Gasteiger partial charge in [-0.25, -0.2) is 0 Å². The Labute approximate surface area is 196 Å². The summed E-state index contributed by atoms with van der Waals surface area (Å²) >= 11 is 0. The molecule has 6 rings (SSSR count). The van der Waals surface area contributed by atoms with Gasteiger partial charge in [0.25, 0.3) is 5.56 Å². The Morgan fingerprint density at radius 2 is 1.53 bits per heavy atom. The zero-order valence-corrected chi connectivity index (χ0v) is 19.3. The molecule has 1 saturated heterocycles. The molecule has 0 atom stereocenters. The van der Waals surface area contributed by atoms with Gasteiger partial charge in [-0.2, -0.15) is 0 Å². The van der Waals surface area contributed by atoms with Crippen LogP contribution in [0.15, 0.2) is 41.2 Å². The smallest absolute Gasteiger partial charge is 0.259 e. The van der Waals surface area contributed by atoms with Crippen molar-refractivity contribution in [2.75, 3.05) is 53.9 Å². The van der Waals surface area contributed by atoms with Crippen LogP contribution in [0.1, 0.15) is 0 Å². The Morgan fingerprint density at radius 3 is 2.26 bits per heavy atom. The molecule has 8 nitrogen and oxygen atoms in total. The van der Waals surface area contributed by atoms with Gasteiger partial charge in [0.1, 0.15) is 0 Å². The van der Waals surface area contributed by atoms with Crippen molar-refractivity contribution >= 4 is 32.4 Å². The van der Waals surface area contributed by atoms with E-state index in [2.05, 4.69) is 17.0 Å². The van der Waals surface area contributed by atoms with E-state index in [-0.39, 0.29) is 12.4 Å². The molecule has 8 heteroatoms. The van der Waals surface area contributed by atoms with Gasteiger partial charge in [-0.05, 0) is 29.7 Å². The standard InChI is InChI=1S/C26H26N2O6/c1-30-21-13-19-17-4-3-16-11-23-24(34-15-33-23)12-18(16)25(17)28(6-5-27-7-9-32-10-8-27)26(29)20(19)14-22(21)31-2/h3-4,11-14H,5-10,15H2,1-2H3. The Morgan fingerprint density at radius 1 is 0.824 bits per heavy atom. The van der Waals surface area contributed by atoms with E-state index in [0.717, 1.165) is 65.7 Å². The number of hydrogen-bond donors (Lipinski definition) is 0. The third-order valence-electron chi connectivity index (χ3n) is 6.79. The summed E-state index contributed by atoms with van der Waals surface area (Å²) in [6.45, 7) is 4.70. The van der Waals surface area contributed by atoms with E-state index in [9.17, 15) is 4.79 Å². The van der Waals surface area contributed by atoms with E-state index in [1.54, 1.807) is 20.3 Å². The summed E-state index contributed by atoms with van der Waals surface area (Å²) in [4.78, 5) is 16.3. The van der Waals surface area contributed by atoms with Crippen molar-refractivity contribution in [3.8, 4) is 23.0 Å². The third-order valence-corrected chi connectivity index (χ3v) is 6.79. The Balaban J connectivity index is 1.64. The minimum atomic E-state index is -0.0538. The highest BCUT2D eigenvalue weighted by Gasteiger charge is 2.21. The number of ether oxygens (including phenoxy) is 5. The van der Waals surface area contributed by atoms with Crippen molar-refractivity contribution in [1.29, 1.82) is 0 Å². The lowest BCUT2D eigenvalue weighted by Crippen LogP contribution is -2.39. The molecule has 4 aromatic rings. The fourth-order valence-electron chi connectivity index (χ4n) is 5.01. The summed E-state index contributed by atoms with van der Waals surface area (Å²) in [5, 5.41) is 4.37. The fraction of sp³-hybridized carbons (Fsp3) is 0.346. The lowest BCUT2D eigenvalue weighted by Gasteiger charge is -2.27. The molecule has 1 aromatic heterocycles. The predicted molar refractivity (Wildman–Crippen MR) is 130 cm³/mol. The average Bonchev–Trinajstić information content (AvgIpc) is 3.34. The predicted octanol–water partition coefficient (Wildman–Crippen LogP) is 3.39. The van der Waals surface area contributed by atoms with Crippen molar-refractivity contribution in [3.63, 3.8) is 0 Å². The maximum absolute atomic E-state index is 13.9. The summed E-state index contributed by atoms with van der Waals surface area (Å²) in [6.07, 6.45) is 0. The van der Waals surface area contributed by atoms with Gasteiger partial charge in [-0.1, -0.05) is 12.1 Å². The summed E-state index contributed by atoms with van der Waals surface area (Å²) in [5.74, 6) is 2.55. The van der Waals surface area contributed by atoms with E-state index >= 15 is 0 Å². The Hall–Kier alpha value is -3.49. The van der Waals surface area contributed by atoms with E-state index in [0.29, 0.717) is 29.2 Å². The minimum absolute atomic E-state index is 0.0538. The number of rotatable bonds is 5. The van der Waals surface area contributed by atoms with Gasteiger partial charge in [0.15, 0.2) is 23.0 Å². The highest BCUT2D eigenvalue weighted by Crippen LogP contribution is 2.41. The third kappa shape index (κ3) is 3.33. The molecule has 1 fully saturated rings. The van der Waals surface area contributed by atoms with Gasteiger partial charge >= 0.3 is 0 Å². The number of fused-ring (bicyclic) bond motifs is 6. The molecule has 34 heavy (non-hydrogen) atoms. The molecule has 2 aliphatic rings. The van der Waals surface area contributed by atoms with Crippen molar-refractivity contribution in [3.05, 3.63) is 46.8 Å². The van der Waals surface area contributed by atoms with E-state index < -0.39 is 0 Å². The second-order valence-corrected chi connectivity index (χ2v) is 8.55. The van der Waals surface area contributed by atoms with Crippen LogP contribution < -0.4 is 24.5 Å². The molecule has 176 valence electrons. The van der Waals surface area contributed by atoms with Crippen molar-refractivity contribution in [2.45, 2.75) is 6.54 Å². The quantitative estimate of drug-likeness (QED) is 0.421. The maximum Gasteiger partial charge on any atom is 0.259 e. The van der Waals surface area contributed by atoms with Crippen molar-refractivity contribution in [1.82, 2.24) is 9.47 Å².